The van der Waals surface area contributed by atoms with Crippen LogP contribution in [0.5, 0.6) is 5.75 Å². The van der Waals surface area contributed by atoms with Crippen molar-refractivity contribution in [2.24, 2.45) is 0 Å². The second-order valence-corrected chi connectivity index (χ2v) is 6.54. The molecule has 138 valence electrons. The van der Waals surface area contributed by atoms with Crippen LogP contribution in [0.4, 0.5) is 0 Å². The maximum Gasteiger partial charge on any atom is 0.343 e. The number of hydrogen-bond donors (Lipinski definition) is 0. The number of carbonyl (C=O) groups is 2. The minimum absolute atomic E-state index is 0.320. The molecule has 2 rings (SSSR count). The average molecular weight is 354 g/mol. The quantitative estimate of drug-likeness (QED) is 0.363. The summed E-state index contributed by atoms with van der Waals surface area (Å²) in [5.41, 5.74) is 1.85. The lowest BCUT2D eigenvalue weighted by Gasteiger charge is -2.09. The summed E-state index contributed by atoms with van der Waals surface area (Å²) in [6, 6.07) is 13.9. The molecule has 0 amide bonds. The summed E-state index contributed by atoms with van der Waals surface area (Å²) in [6.07, 6.45) is 2.93. The Morgan fingerprint density at radius 1 is 0.923 bits per heavy atom. The normalized spacial score (nSPS) is 10.6. The molecule has 0 aliphatic heterocycles. The van der Waals surface area contributed by atoms with Crippen molar-refractivity contribution in [2.45, 2.75) is 46.0 Å². The lowest BCUT2D eigenvalue weighted by atomic mass is 10.0. The first kappa shape index (κ1) is 19.7. The number of benzene rings is 2. The van der Waals surface area contributed by atoms with E-state index in [0.717, 1.165) is 19.3 Å². The molecule has 0 aliphatic rings. The van der Waals surface area contributed by atoms with Gasteiger partial charge in [-0.3, -0.25) is 0 Å². The van der Waals surface area contributed by atoms with Gasteiger partial charge in [0.05, 0.1) is 17.7 Å². The SMILES string of the molecule is CCCCCOC(=O)c1cccc(C(=O)Oc2ccc(C(C)C)cc2)c1. The highest BCUT2D eigenvalue weighted by molar-refractivity contribution is 5.96. The van der Waals surface area contributed by atoms with Gasteiger partial charge in [0.2, 0.25) is 0 Å². The molecule has 2 aromatic rings. The second-order valence-electron chi connectivity index (χ2n) is 6.54. The van der Waals surface area contributed by atoms with Crippen molar-refractivity contribution in [1.29, 1.82) is 0 Å². The molecular weight excluding hydrogens is 328 g/mol. The zero-order chi connectivity index (χ0) is 18.9. The van der Waals surface area contributed by atoms with Gasteiger partial charge in [-0.05, 0) is 48.2 Å². The average Bonchev–Trinajstić information content (AvgIpc) is 2.65. The molecule has 4 heteroatoms. The van der Waals surface area contributed by atoms with Crippen LogP contribution in [-0.2, 0) is 4.74 Å². The van der Waals surface area contributed by atoms with Gasteiger partial charge in [0, 0.05) is 0 Å². The first-order valence-electron chi connectivity index (χ1n) is 9.10. The number of ether oxygens (including phenoxy) is 2. The van der Waals surface area contributed by atoms with Gasteiger partial charge in [-0.25, -0.2) is 9.59 Å². The van der Waals surface area contributed by atoms with E-state index in [-0.39, 0.29) is 0 Å². The van der Waals surface area contributed by atoms with Crippen LogP contribution in [0.15, 0.2) is 48.5 Å². The van der Waals surface area contributed by atoms with Crippen LogP contribution in [0.3, 0.4) is 0 Å². The fraction of sp³-hybridized carbons (Fsp3) is 0.364. The van der Waals surface area contributed by atoms with Crippen LogP contribution >= 0.6 is 0 Å². The predicted molar refractivity (Wildman–Crippen MR) is 102 cm³/mol. The van der Waals surface area contributed by atoms with Crippen LogP contribution in [0.1, 0.15) is 72.2 Å². The Morgan fingerprint density at radius 2 is 1.58 bits per heavy atom. The van der Waals surface area contributed by atoms with Gasteiger partial charge in [0.25, 0.3) is 0 Å². The zero-order valence-electron chi connectivity index (χ0n) is 15.7. The lowest BCUT2D eigenvalue weighted by Crippen LogP contribution is -2.11. The molecule has 0 N–H and O–H groups in total. The molecule has 0 spiro atoms. The fourth-order valence-corrected chi connectivity index (χ4v) is 2.46. The van der Waals surface area contributed by atoms with E-state index in [1.807, 2.05) is 12.1 Å². The summed E-state index contributed by atoms with van der Waals surface area (Å²) in [4.78, 5) is 24.4. The molecule has 0 unspecified atom stereocenters. The maximum atomic E-state index is 12.3. The molecule has 0 heterocycles. The van der Waals surface area contributed by atoms with E-state index in [9.17, 15) is 9.59 Å². The first-order valence-corrected chi connectivity index (χ1v) is 9.10. The Hall–Kier alpha value is -2.62. The molecule has 26 heavy (non-hydrogen) atoms. The van der Waals surface area contributed by atoms with Crippen molar-refractivity contribution in [3.63, 3.8) is 0 Å². The highest BCUT2D eigenvalue weighted by atomic mass is 16.5. The van der Waals surface area contributed by atoms with E-state index >= 15 is 0 Å². The molecule has 0 fully saturated rings. The van der Waals surface area contributed by atoms with Crippen molar-refractivity contribution in [1.82, 2.24) is 0 Å². The van der Waals surface area contributed by atoms with Gasteiger partial charge in [0.15, 0.2) is 0 Å². The van der Waals surface area contributed by atoms with E-state index in [1.54, 1.807) is 30.3 Å². The third-order valence-corrected chi connectivity index (χ3v) is 4.07. The van der Waals surface area contributed by atoms with Gasteiger partial charge in [-0.15, -0.1) is 0 Å². The van der Waals surface area contributed by atoms with Gasteiger partial charge in [-0.1, -0.05) is 51.8 Å². The molecule has 0 aromatic heterocycles. The van der Waals surface area contributed by atoms with Gasteiger partial charge in [-0.2, -0.15) is 0 Å². The van der Waals surface area contributed by atoms with E-state index < -0.39 is 11.9 Å². The maximum absolute atomic E-state index is 12.3. The van der Waals surface area contributed by atoms with Gasteiger partial charge >= 0.3 is 11.9 Å². The van der Waals surface area contributed by atoms with E-state index in [0.29, 0.717) is 29.4 Å². The van der Waals surface area contributed by atoms with Crippen molar-refractivity contribution in [3.8, 4) is 5.75 Å². The van der Waals surface area contributed by atoms with Crippen LogP contribution < -0.4 is 4.74 Å². The van der Waals surface area contributed by atoms with E-state index in [2.05, 4.69) is 20.8 Å². The molecular formula is C22H26O4. The first-order chi connectivity index (χ1) is 12.5. The van der Waals surface area contributed by atoms with Crippen molar-refractivity contribution < 1.29 is 19.1 Å². The largest absolute Gasteiger partial charge is 0.462 e. The number of unbranched alkanes of at least 4 members (excludes halogenated alkanes) is 2. The lowest BCUT2D eigenvalue weighted by molar-refractivity contribution is 0.0498. The number of carbonyl (C=O) groups excluding carboxylic acids is 2. The minimum atomic E-state index is -0.497. The van der Waals surface area contributed by atoms with E-state index in [4.69, 9.17) is 9.47 Å². The summed E-state index contributed by atoms with van der Waals surface area (Å²) in [6.45, 7) is 6.69. The second kappa shape index (κ2) is 9.76. The third kappa shape index (κ3) is 5.73. The van der Waals surface area contributed by atoms with Crippen LogP contribution in [-0.4, -0.2) is 18.5 Å². The Balaban J connectivity index is 1.99. The third-order valence-electron chi connectivity index (χ3n) is 4.07. The summed E-state index contributed by atoms with van der Waals surface area (Å²) in [5.74, 6) is -0.0216. The summed E-state index contributed by atoms with van der Waals surface area (Å²) < 4.78 is 10.6. The Morgan fingerprint density at radius 3 is 2.19 bits per heavy atom. The number of hydrogen-bond acceptors (Lipinski definition) is 4. The smallest absolute Gasteiger partial charge is 0.343 e. The molecule has 2 aromatic carbocycles. The molecule has 4 nitrogen and oxygen atoms in total. The number of rotatable bonds is 8. The van der Waals surface area contributed by atoms with Crippen molar-refractivity contribution >= 4 is 11.9 Å². The van der Waals surface area contributed by atoms with E-state index in [1.165, 1.54) is 11.6 Å². The topological polar surface area (TPSA) is 52.6 Å². The Labute approximate surface area is 155 Å². The van der Waals surface area contributed by atoms with Gasteiger partial charge < -0.3 is 9.47 Å². The molecule has 0 bridgehead atoms. The Bertz CT molecular complexity index is 732. The van der Waals surface area contributed by atoms with Crippen molar-refractivity contribution in [3.05, 3.63) is 65.2 Å². The minimum Gasteiger partial charge on any atom is -0.462 e. The monoisotopic (exact) mass is 354 g/mol. The fourth-order valence-electron chi connectivity index (χ4n) is 2.46. The highest BCUT2D eigenvalue weighted by Gasteiger charge is 2.13. The molecule has 0 saturated carbocycles. The zero-order valence-corrected chi connectivity index (χ0v) is 15.7. The molecule has 0 saturated heterocycles. The molecule has 0 aliphatic carbocycles. The summed E-state index contributed by atoms with van der Waals surface area (Å²) in [7, 11) is 0. The molecule has 0 radical (unpaired) electrons. The standard InChI is InChI=1S/C22H26O4/c1-4-5-6-14-25-21(23)18-8-7-9-19(15-18)22(24)26-20-12-10-17(11-13-20)16(2)3/h7-13,15-16H,4-6,14H2,1-3H3. The highest BCUT2D eigenvalue weighted by Crippen LogP contribution is 2.19. The van der Waals surface area contributed by atoms with Gasteiger partial charge in [0.1, 0.15) is 5.75 Å². The Kier molecular flexibility index (Phi) is 7.39. The molecule has 0 atom stereocenters. The van der Waals surface area contributed by atoms with Crippen LogP contribution in [0.25, 0.3) is 0 Å². The summed E-state index contributed by atoms with van der Waals surface area (Å²) >= 11 is 0. The number of esters is 2. The van der Waals surface area contributed by atoms with Crippen molar-refractivity contribution in [2.75, 3.05) is 6.61 Å². The van der Waals surface area contributed by atoms with Crippen LogP contribution in [0.2, 0.25) is 0 Å². The predicted octanol–water partition coefficient (Wildman–Crippen LogP) is 5.38. The summed E-state index contributed by atoms with van der Waals surface area (Å²) in [5, 5.41) is 0. The van der Waals surface area contributed by atoms with Crippen LogP contribution in [0, 0.1) is 0 Å².